The van der Waals surface area contributed by atoms with Crippen molar-refractivity contribution in [3.05, 3.63) is 42.1 Å². The topological polar surface area (TPSA) is 44.8 Å². The molecule has 0 fully saturated rings. The van der Waals surface area contributed by atoms with Gasteiger partial charge in [-0.1, -0.05) is 38.1 Å². The fourth-order valence-corrected chi connectivity index (χ4v) is 3.15. The van der Waals surface area contributed by atoms with Crippen LogP contribution in [-0.2, 0) is 6.54 Å². The first kappa shape index (κ1) is 12.4. The molecule has 1 aliphatic heterocycles. The third kappa shape index (κ3) is 1.90. The predicted octanol–water partition coefficient (Wildman–Crippen LogP) is 3.60. The summed E-state index contributed by atoms with van der Waals surface area (Å²) in [4.78, 5) is 7.03. The van der Waals surface area contributed by atoms with Crippen molar-refractivity contribution in [2.45, 2.75) is 20.4 Å². The first-order chi connectivity index (χ1) is 10.2. The van der Waals surface area contributed by atoms with E-state index >= 15 is 0 Å². The number of H-pyrrole nitrogens is 1. The molecule has 3 heterocycles. The van der Waals surface area contributed by atoms with Crippen LogP contribution in [0.25, 0.3) is 22.2 Å². The van der Waals surface area contributed by atoms with Crippen LogP contribution < -0.4 is 4.90 Å². The van der Waals surface area contributed by atoms with Crippen molar-refractivity contribution in [2.24, 2.45) is 5.92 Å². The Balaban J connectivity index is 2.02. The quantitative estimate of drug-likeness (QED) is 0.779. The molecular formula is C17H18N4. The van der Waals surface area contributed by atoms with Gasteiger partial charge in [-0.25, -0.2) is 4.98 Å². The van der Waals surface area contributed by atoms with E-state index in [0.29, 0.717) is 5.92 Å². The Morgan fingerprint density at radius 1 is 1.24 bits per heavy atom. The Morgan fingerprint density at radius 2 is 2.10 bits per heavy atom. The lowest BCUT2D eigenvalue weighted by Gasteiger charge is -2.25. The number of nitrogens with zero attached hydrogens (tertiary/aromatic N) is 3. The van der Waals surface area contributed by atoms with Crippen LogP contribution >= 0.6 is 0 Å². The molecule has 2 aromatic heterocycles. The minimum absolute atomic E-state index is 0.586. The summed E-state index contributed by atoms with van der Waals surface area (Å²) in [6.45, 7) is 6.36. The van der Waals surface area contributed by atoms with E-state index in [1.165, 1.54) is 11.1 Å². The van der Waals surface area contributed by atoms with Crippen LogP contribution in [0.1, 0.15) is 19.4 Å². The third-order valence-corrected chi connectivity index (χ3v) is 3.97. The number of hydrogen-bond acceptors (Lipinski definition) is 3. The first-order valence-electron chi connectivity index (χ1n) is 7.40. The molecule has 4 heteroatoms. The van der Waals surface area contributed by atoms with Gasteiger partial charge in [-0.3, -0.25) is 5.10 Å². The number of fused-ring (bicyclic) bond motifs is 2. The standard InChI is InChI=1S/C17H18N4/c1-11(2)9-21-10-12-5-3-4-6-13(12)16-15-14(19-20-16)7-8-18-17(15)21/h3-8,11H,9-10H2,1-2H3,(H,19,20). The summed E-state index contributed by atoms with van der Waals surface area (Å²) >= 11 is 0. The van der Waals surface area contributed by atoms with Gasteiger partial charge in [0, 0.05) is 24.8 Å². The van der Waals surface area contributed by atoms with Crippen LogP contribution in [0.4, 0.5) is 5.82 Å². The van der Waals surface area contributed by atoms with Crippen LogP contribution in [0.5, 0.6) is 0 Å². The molecule has 0 saturated heterocycles. The third-order valence-electron chi connectivity index (χ3n) is 3.97. The molecule has 0 amide bonds. The lowest BCUT2D eigenvalue weighted by molar-refractivity contribution is 0.607. The molecular weight excluding hydrogens is 260 g/mol. The smallest absolute Gasteiger partial charge is 0.140 e. The average Bonchev–Trinajstić information content (AvgIpc) is 2.85. The van der Waals surface area contributed by atoms with Gasteiger partial charge in [-0.15, -0.1) is 0 Å². The molecule has 3 aromatic rings. The van der Waals surface area contributed by atoms with Gasteiger partial charge < -0.3 is 4.90 Å². The average molecular weight is 278 g/mol. The number of rotatable bonds is 2. The Morgan fingerprint density at radius 3 is 2.95 bits per heavy atom. The van der Waals surface area contributed by atoms with Crippen molar-refractivity contribution >= 4 is 16.7 Å². The zero-order chi connectivity index (χ0) is 14.4. The zero-order valence-electron chi connectivity index (χ0n) is 12.3. The van der Waals surface area contributed by atoms with Gasteiger partial charge in [0.2, 0.25) is 0 Å². The van der Waals surface area contributed by atoms with Crippen molar-refractivity contribution < 1.29 is 0 Å². The fourth-order valence-electron chi connectivity index (χ4n) is 3.15. The lowest BCUT2D eigenvalue weighted by Crippen LogP contribution is -2.27. The van der Waals surface area contributed by atoms with Crippen molar-refractivity contribution in [1.82, 2.24) is 15.2 Å². The summed E-state index contributed by atoms with van der Waals surface area (Å²) < 4.78 is 0. The van der Waals surface area contributed by atoms with Crippen molar-refractivity contribution in [1.29, 1.82) is 0 Å². The molecule has 0 saturated carbocycles. The Bertz CT molecular complexity index is 803. The highest BCUT2D eigenvalue weighted by atomic mass is 15.2. The number of anilines is 1. The van der Waals surface area contributed by atoms with Crippen LogP contribution in [-0.4, -0.2) is 21.7 Å². The Hall–Kier alpha value is -2.36. The molecule has 0 bridgehead atoms. The summed E-state index contributed by atoms with van der Waals surface area (Å²) in [5.41, 5.74) is 4.60. The second-order valence-electron chi connectivity index (χ2n) is 6.06. The van der Waals surface area contributed by atoms with E-state index in [1.54, 1.807) is 0 Å². The molecule has 1 N–H and O–H groups in total. The molecule has 1 aliphatic rings. The van der Waals surface area contributed by atoms with Gasteiger partial charge in [0.1, 0.15) is 11.5 Å². The predicted molar refractivity (Wildman–Crippen MR) is 85.2 cm³/mol. The number of pyridine rings is 1. The number of hydrogen-bond donors (Lipinski definition) is 1. The van der Waals surface area contributed by atoms with E-state index in [-0.39, 0.29) is 0 Å². The van der Waals surface area contributed by atoms with Crippen LogP contribution in [0.3, 0.4) is 0 Å². The Kier molecular flexibility index (Phi) is 2.70. The second kappa shape index (κ2) is 4.58. The first-order valence-corrected chi connectivity index (χ1v) is 7.40. The van der Waals surface area contributed by atoms with Crippen LogP contribution in [0.15, 0.2) is 36.5 Å². The molecule has 21 heavy (non-hydrogen) atoms. The number of aromatic amines is 1. The van der Waals surface area contributed by atoms with Crippen molar-refractivity contribution in [3.8, 4) is 11.3 Å². The molecule has 1 aromatic carbocycles. The lowest BCUT2D eigenvalue weighted by atomic mass is 10.0. The van der Waals surface area contributed by atoms with Gasteiger partial charge in [0.05, 0.1) is 10.9 Å². The minimum Gasteiger partial charge on any atom is -0.351 e. The van der Waals surface area contributed by atoms with E-state index in [1.807, 2.05) is 12.3 Å². The van der Waals surface area contributed by atoms with Gasteiger partial charge in [-0.05, 0) is 17.5 Å². The summed E-state index contributed by atoms with van der Waals surface area (Å²) in [7, 11) is 0. The number of benzene rings is 1. The second-order valence-corrected chi connectivity index (χ2v) is 6.06. The van der Waals surface area contributed by atoms with Crippen LogP contribution in [0, 0.1) is 5.92 Å². The maximum Gasteiger partial charge on any atom is 0.140 e. The molecule has 4 nitrogen and oxygen atoms in total. The highest BCUT2D eigenvalue weighted by molar-refractivity contribution is 6.02. The van der Waals surface area contributed by atoms with E-state index in [9.17, 15) is 0 Å². The zero-order valence-corrected chi connectivity index (χ0v) is 12.3. The highest BCUT2D eigenvalue weighted by Gasteiger charge is 2.24. The van der Waals surface area contributed by atoms with Gasteiger partial charge in [0.15, 0.2) is 0 Å². The molecule has 0 atom stereocenters. The number of aromatic nitrogens is 3. The fraction of sp³-hybridized carbons (Fsp3) is 0.294. The van der Waals surface area contributed by atoms with Crippen molar-refractivity contribution in [2.75, 3.05) is 11.4 Å². The maximum atomic E-state index is 4.65. The summed E-state index contributed by atoms with van der Waals surface area (Å²) in [6, 6.07) is 10.5. The van der Waals surface area contributed by atoms with E-state index in [4.69, 9.17) is 0 Å². The highest BCUT2D eigenvalue weighted by Crippen LogP contribution is 2.38. The van der Waals surface area contributed by atoms with Gasteiger partial charge in [-0.2, -0.15) is 5.10 Å². The Labute approximate surface area is 123 Å². The van der Waals surface area contributed by atoms with E-state index in [2.05, 4.69) is 58.2 Å². The van der Waals surface area contributed by atoms with Gasteiger partial charge in [0.25, 0.3) is 0 Å². The van der Waals surface area contributed by atoms with Gasteiger partial charge >= 0.3 is 0 Å². The maximum absolute atomic E-state index is 4.65. The molecule has 0 spiro atoms. The molecule has 106 valence electrons. The molecule has 4 rings (SSSR count). The summed E-state index contributed by atoms with van der Waals surface area (Å²) in [6.07, 6.45) is 1.86. The molecule has 0 radical (unpaired) electrons. The van der Waals surface area contributed by atoms with Crippen LogP contribution in [0.2, 0.25) is 0 Å². The summed E-state index contributed by atoms with van der Waals surface area (Å²) in [5.74, 6) is 1.63. The minimum atomic E-state index is 0.586. The van der Waals surface area contributed by atoms with Crippen molar-refractivity contribution in [3.63, 3.8) is 0 Å². The monoisotopic (exact) mass is 278 g/mol. The molecule has 0 aliphatic carbocycles. The van der Waals surface area contributed by atoms with E-state index in [0.717, 1.165) is 35.5 Å². The SMILES string of the molecule is CC(C)CN1Cc2ccccc2-c2n[nH]c3ccnc1c23. The van der Waals surface area contributed by atoms with E-state index < -0.39 is 0 Å². The summed E-state index contributed by atoms with van der Waals surface area (Å²) in [5, 5.41) is 8.84. The normalized spacial score (nSPS) is 13.6. The largest absolute Gasteiger partial charge is 0.351 e. The number of nitrogens with one attached hydrogen (secondary N) is 1. The molecule has 0 unspecified atom stereocenters.